The van der Waals surface area contributed by atoms with Crippen LogP contribution < -0.4 is 42.5 Å². The Morgan fingerprint density at radius 2 is 0.840 bits per heavy atom. The molecule has 0 bridgehead atoms. The predicted octanol–water partition coefficient (Wildman–Crippen LogP) is 11.3. The molecule has 0 aromatic heterocycles. The molecule has 0 heterocycles. The Kier molecular flexibility index (Phi) is 22.1. The molecule has 0 radical (unpaired) electrons. The van der Waals surface area contributed by atoms with Crippen LogP contribution in [0.3, 0.4) is 0 Å². The van der Waals surface area contributed by atoms with Gasteiger partial charge >= 0.3 is 0 Å². The molecule has 0 saturated carbocycles. The topological polar surface area (TPSA) is 117 Å². The fourth-order valence-corrected chi connectivity index (χ4v) is 7.75. The Labute approximate surface area is 349 Å². The van der Waals surface area contributed by atoms with E-state index in [0.29, 0.717) is 0 Å². The van der Waals surface area contributed by atoms with Gasteiger partial charge in [-0.25, -0.2) is 0 Å². The van der Waals surface area contributed by atoms with Crippen molar-refractivity contribution >= 4 is 137 Å². The van der Waals surface area contributed by atoms with E-state index in [1.165, 1.54) is 5.69 Å². The number of nitrogens with zero attached hydrogens (tertiary/aromatic N) is 4. The van der Waals surface area contributed by atoms with Crippen LogP contribution >= 0.6 is 92.0 Å². The van der Waals surface area contributed by atoms with E-state index in [2.05, 4.69) is 119 Å². The van der Waals surface area contributed by atoms with Crippen molar-refractivity contribution in [1.82, 2.24) is 0 Å². The molecule has 0 saturated heterocycles. The molecule has 4 aromatic rings. The molecule has 0 unspecified atom stereocenters. The fraction of sp³-hybridized carbons (Fsp3) is 0.333. The van der Waals surface area contributed by atoms with Gasteiger partial charge in [0.05, 0.1) is 22.7 Å². The summed E-state index contributed by atoms with van der Waals surface area (Å²) in [6.45, 7) is 8.09. The lowest BCUT2D eigenvalue weighted by Crippen LogP contribution is -2.12. The van der Waals surface area contributed by atoms with E-state index in [9.17, 15) is 0 Å². The number of benzene rings is 4. The third-order valence-corrected chi connectivity index (χ3v) is 10.2. The molecular formula is C36H52Br6N8. The van der Waals surface area contributed by atoms with E-state index >= 15 is 0 Å². The van der Waals surface area contributed by atoms with Gasteiger partial charge in [0.25, 0.3) is 0 Å². The van der Waals surface area contributed by atoms with Gasteiger partial charge in [-0.05, 0) is 156 Å². The molecule has 14 heteroatoms. The van der Waals surface area contributed by atoms with E-state index in [4.69, 9.17) is 22.9 Å². The summed E-state index contributed by atoms with van der Waals surface area (Å²) < 4.78 is 4.03. The summed E-state index contributed by atoms with van der Waals surface area (Å²) in [6.07, 6.45) is 0. The van der Waals surface area contributed by atoms with Crippen molar-refractivity contribution in [3.8, 4) is 0 Å². The highest BCUT2D eigenvalue weighted by atomic mass is 80.9. The minimum atomic E-state index is 0.798. The van der Waals surface area contributed by atoms with Crippen LogP contribution in [0.1, 0.15) is 22.3 Å². The number of hydrogen-bond donors (Lipinski definition) is 4. The quantitative estimate of drug-likeness (QED) is 0.149. The van der Waals surface area contributed by atoms with Crippen molar-refractivity contribution in [3.63, 3.8) is 0 Å². The zero-order valence-corrected chi connectivity index (χ0v) is 40.5. The zero-order chi connectivity index (χ0) is 39.2. The standard InChI is InChI=1S/C9H12Br2N2.2C9H13BrN2.C9H14N2.Br2/c1-5-8(12)6(10)4-7(11)9(5)13(2)3;1-6-8(12(2)3)5-4-7(10)9(6)11;1-6-8(11)5-4-7(10)9(6)12(2)3;1-7-8(10)5-4-6-9(7)11(2)3;1-2/h4H,12H2,1-3H3;2*4-5H,11H2,1-3H3;4-6H,10H2,1-3H3;. The van der Waals surface area contributed by atoms with Crippen LogP contribution in [-0.2, 0) is 0 Å². The molecule has 0 fully saturated rings. The molecule has 0 aliphatic rings. The van der Waals surface area contributed by atoms with Gasteiger partial charge in [-0.3, -0.25) is 0 Å². The number of nitrogens with two attached hydrogens (primary N) is 4. The molecule has 0 aliphatic heterocycles. The zero-order valence-electron chi connectivity index (χ0n) is 31.0. The molecule has 50 heavy (non-hydrogen) atoms. The van der Waals surface area contributed by atoms with Crippen molar-refractivity contribution in [3.05, 3.63) is 88.7 Å². The number of rotatable bonds is 4. The molecule has 0 aliphatic carbocycles. The average Bonchev–Trinajstić information content (AvgIpc) is 3.03. The fourth-order valence-electron chi connectivity index (χ4n) is 4.82. The Bertz CT molecular complexity index is 1680. The number of anilines is 8. The first kappa shape index (κ1) is 48.2. The van der Waals surface area contributed by atoms with Crippen molar-refractivity contribution in [2.45, 2.75) is 27.7 Å². The first-order chi connectivity index (χ1) is 23.1. The number of halogens is 6. The minimum Gasteiger partial charge on any atom is -0.398 e. The largest absolute Gasteiger partial charge is 0.398 e. The maximum atomic E-state index is 5.89. The van der Waals surface area contributed by atoms with Gasteiger partial charge in [0, 0.05) is 125 Å². The lowest BCUT2D eigenvalue weighted by Gasteiger charge is -2.19. The highest BCUT2D eigenvalue weighted by molar-refractivity contribution is 9.93. The summed E-state index contributed by atoms with van der Waals surface area (Å²) in [6, 6.07) is 15.8. The van der Waals surface area contributed by atoms with E-state index < -0.39 is 0 Å². The predicted molar refractivity (Wildman–Crippen MR) is 248 cm³/mol. The van der Waals surface area contributed by atoms with Gasteiger partial charge in [0.1, 0.15) is 0 Å². The van der Waals surface area contributed by atoms with Gasteiger partial charge in [0.15, 0.2) is 0 Å². The van der Waals surface area contributed by atoms with Gasteiger partial charge in [0.2, 0.25) is 0 Å². The van der Waals surface area contributed by atoms with Crippen molar-refractivity contribution in [1.29, 1.82) is 0 Å². The summed E-state index contributed by atoms with van der Waals surface area (Å²) in [5.41, 5.74) is 35.7. The lowest BCUT2D eigenvalue weighted by molar-refractivity contribution is 1.11. The Balaban J connectivity index is 0.000000630. The van der Waals surface area contributed by atoms with Crippen molar-refractivity contribution in [2.75, 3.05) is 98.9 Å². The van der Waals surface area contributed by atoms with Gasteiger partial charge in [-0.2, -0.15) is 0 Å². The van der Waals surface area contributed by atoms with Crippen LogP contribution in [0.5, 0.6) is 0 Å². The van der Waals surface area contributed by atoms with Crippen molar-refractivity contribution < 1.29 is 0 Å². The van der Waals surface area contributed by atoms with Crippen LogP contribution in [0.25, 0.3) is 0 Å². The minimum absolute atomic E-state index is 0.798. The monoisotopic (exact) mass is 1070 g/mol. The third-order valence-electron chi connectivity index (χ3n) is 7.56. The molecule has 0 amide bonds. The van der Waals surface area contributed by atoms with Crippen LogP contribution in [-0.4, -0.2) is 56.4 Å². The maximum absolute atomic E-state index is 5.89. The van der Waals surface area contributed by atoms with Gasteiger partial charge in [-0.1, -0.05) is 6.07 Å². The first-order valence-electron chi connectivity index (χ1n) is 15.2. The summed E-state index contributed by atoms with van der Waals surface area (Å²) in [4.78, 5) is 8.21. The second-order valence-corrected chi connectivity index (χ2v) is 15.4. The normalized spacial score (nSPS) is 9.72. The van der Waals surface area contributed by atoms with E-state index in [-0.39, 0.29) is 0 Å². The van der Waals surface area contributed by atoms with Crippen LogP contribution in [0.4, 0.5) is 45.5 Å². The number of nitrogen functional groups attached to an aromatic ring is 4. The van der Waals surface area contributed by atoms with Crippen LogP contribution in [0, 0.1) is 27.7 Å². The lowest BCUT2D eigenvalue weighted by atomic mass is 10.1. The maximum Gasteiger partial charge on any atom is 0.0556 e. The summed E-state index contributed by atoms with van der Waals surface area (Å²) in [7, 11) is 16.1. The summed E-state index contributed by atoms with van der Waals surface area (Å²) in [5.74, 6) is 0. The average molecular weight is 1080 g/mol. The molecule has 0 atom stereocenters. The van der Waals surface area contributed by atoms with Crippen LogP contribution in [0.2, 0.25) is 0 Å². The summed E-state index contributed by atoms with van der Waals surface area (Å²) >= 11 is 19.3. The van der Waals surface area contributed by atoms with Crippen molar-refractivity contribution in [2.24, 2.45) is 0 Å². The molecule has 8 N–H and O–H groups in total. The van der Waals surface area contributed by atoms with E-state index in [1.807, 2.05) is 125 Å². The highest BCUT2D eigenvalue weighted by Crippen LogP contribution is 2.37. The first-order valence-corrected chi connectivity index (χ1v) is 22.1. The van der Waals surface area contributed by atoms with E-state index in [0.717, 1.165) is 80.0 Å². The molecule has 8 nitrogen and oxygen atoms in total. The molecule has 4 aromatic carbocycles. The Morgan fingerprint density at radius 1 is 0.420 bits per heavy atom. The van der Waals surface area contributed by atoms with Crippen LogP contribution in [0.15, 0.2) is 66.4 Å². The highest BCUT2D eigenvalue weighted by Gasteiger charge is 2.12. The third kappa shape index (κ3) is 13.9. The summed E-state index contributed by atoms with van der Waals surface area (Å²) in [5, 5.41) is 0. The number of hydrogen-bond acceptors (Lipinski definition) is 8. The molecule has 4 rings (SSSR count). The van der Waals surface area contributed by atoms with Gasteiger partial charge in [-0.15, -0.1) is 0 Å². The van der Waals surface area contributed by atoms with E-state index in [1.54, 1.807) is 0 Å². The SMILES string of the molecule is BrBr.Cc1c(N(C)C)ccc(Br)c1N.Cc1c(N)c(Br)cc(Br)c1N(C)C.Cc1c(N)ccc(Br)c1N(C)C.Cc1c(N)cccc1N(C)C. The Hall–Kier alpha value is -1.84. The molecule has 278 valence electrons. The second kappa shape index (κ2) is 23.0. The molecule has 0 spiro atoms. The smallest absolute Gasteiger partial charge is 0.0556 e. The van der Waals surface area contributed by atoms with Gasteiger partial charge < -0.3 is 42.5 Å². The molecular weight excluding hydrogens is 1020 g/mol. The Morgan fingerprint density at radius 3 is 1.28 bits per heavy atom. The second-order valence-electron chi connectivity index (χ2n) is 12.0.